The van der Waals surface area contributed by atoms with Gasteiger partial charge in [-0.3, -0.25) is 9.59 Å². The second-order valence-electron chi connectivity index (χ2n) is 7.23. The minimum atomic E-state index is -0.673. The fourth-order valence-electron chi connectivity index (χ4n) is 3.50. The van der Waals surface area contributed by atoms with Gasteiger partial charge in [-0.2, -0.15) is 0 Å². The van der Waals surface area contributed by atoms with Gasteiger partial charge in [0.1, 0.15) is 6.04 Å². The van der Waals surface area contributed by atoms with E-state index in [4.69, 9.17) is 11.6 Å². The van der Waals surface area contributed by atoms with Gasteiger partial charge in [0.15, 0.2) is 0 Å². The number of piperidine rings is 1. The maximum Gasteiger partial charge on any atom is 0.321 e. The van der Waals surface area contributed by atoms with Crippen LogP contribution in [0.1, 0.15) is 22.5 Å². The zero-order valence-electron chi connectivity index (χ0n) is 17.0. The summed E-state index contributed by atoms with van der Waals surface area (Å²) in [7, 11) is 0. The molecule has 1 unspecified atom stereocenters. The predicted octanol–water partition coefficient (Wildman–Crippen LogP) is 3.75. The summed E-state index contributed by atoms with van der Waals surface area (Å²) in [6.07, 6.45) is 2.79. The van der Waals surface area contributed by atoms with E-state index >= 15 is 0 Å². The standard InChI is InChI=1S/C22H25ClN4O3S/c1-2-10-24-21(29)19(26-20(28)18-7-4-13-31-18)15-8-11-27(12-9-15)22(30)25-17-6-3-5-16(23)14-17/h2-7,13-15,19H,1,8-12H2,(H,24,29)(H,25,30)(H,26,28). The number of amides is 4. The number of halogens is 1. The molecule has 1 aliphatic heterocycles. The lowest BCUT2D eigenvalue weighted by atomic mass is 9.88. The van der Waals surface area contributed by atoms with Crippen molar-refractivity contribution in [3.8, 4) is 0 Å². The molecule has 31 heavy (non-hydrogen) atoms. The van der Waals surface area contributed by atoms with Gasteiger partial charge in [-0.15, -0.1) is 17.9 Å². The molecular weight excluding hydrogens is 436 g/mol. The Morgan fingerprint density at radius 3 is 2.65 bits per heavy atom. The second kappa shape index (κ2) is 11.0. The Kier molecular flexibility index (Phi) is 8.08. The van der Waals surface area contributed by atoms with Crippen molar-refractivity contribution in [3.63, 3.8) is 0 Å². The summed E-state index contributed by atoms with van der Waals surface area (Å²) in [5.74, 6) is -0.592. The molecule has 0 bridgehead atoms. The van der Waals surface area contributed by atoms with Gasteiger partial charge < -0.3 is 20.9 Å². The van der Waals surface area contributed by atoms with Crippen molar-refractivity contribution in [2.45, 2.75) is 18.9 Å². The monoisotopic (exact) mass is 460 g/mol. The number of hydrogen-bond acceptors (Lipinski definition) is 4. The van der Waals surface area contributed by atoms with Crippen LogP contribution >= 0.6 is 22.9 Å². The van der Waals surface area contributed by atoms with Crippen LogP contribution in [0.4, 0.5) is 10.5 Å². The largest absolute Gasteiger partial charge is 0.351 e. The van der Waals surface area contributed by atoms with Crippen molar-refractivity contribution in [2.75, 3.05) is 25.0 Å². The summed E-state index contributed by atoms with van der Waals surface area (Å²) < 4.78 is 0. The molecule has 2 aromatic rings. The number of carbonyl (C=O) groups is 3. The molecule has 1 atom stereocenters. The SMILES string of the molecule is C=CCNC(=O)C(NC(=O)c1cccs1)C1CCN(C(=O)Nc2cccc(Cl)c2)CC1. The molecule has 4 amide bonds. The third kappa shape index (κ3) is 6.32. The number of nitrogens with zero attached hydrogens (tertiary/aromatic N) is 1. The van der Waals surface area contributed by atoms with Crippen molar-refractivity contribution >= 4 is 46.5 Å². The molecule has 3 rings (SSSR count). The molecular formula is C22H25ClN4O3S. The molecule has 0 saturated carbocycles. The van der Waals surface area contributed by atoms with E-state index in [9.17, 15) is 14.4 Å². The molecule has 1 aromatic carbocycles. The van der Waals surface area contributed by atoms with E-state index in [1.54, 1.807) is 47.4 Å². The Hall–Kier alpha value is -2.84. The summed E-state index contributed by atoms with van der Waals surface area (Å²) in [5.41, 5.74) is 0.629. The fraction of sp³-hybridized carbons (Fsp3) is 0.318. The Morgan fingerprint density at radius 1 is 1.23 bits per heavy atom. The predicted molar refractivity (Wildman–Crippen MR) is 124 cm³/mol. The number of benzene rings is 1. The quantitative estimate of drug-likeness (QED) is 0.549. The average molecular weight is 461 g/mol. The van der Waals surface area contributed by atoms with Gasteiger partial charge >= 0.3 is 6.03 Å². The minimum absolute atomic E-state index is 0.0797. The highest BCUT2D eigenvalue weighted by Gasteiger charge is 2.34. The highest BCUT2D eigenvalue weighted by molar-refractivity contribution is 7.12. The first-order valence-corrected chi connectivity index (χ1v) is 11.3. The number of nitrogens with one attached hydrogen (secondary N) is 3. The number of anilines is 1. The summed E-state index contributed by atoms with van der Waals surface area (Å²) >= 11 is 7.29. The number of urea groups is 1. The van der Waals surface area contributed by atoms with Crippen LogP contribution in [0.25, 0.3) is 0 Å². The van der Waals surface area contributed by atoms with Crippen molar-refractivity contribution in [3.05, 3.63) is 64.3 Å². The van der Waals surface area contributed by atoms with Crippen LogP contribution in [0.3, 0.4) is 0 Å². The van der Waals surface area contributed by atoms with E-state index in [1.165, 1.54) is 11.3 Å². The van der Waals surface area contributed by atoms with E-state index in [-0.39, 0.29) is 23.8 Å². The Bertz CT molecular complexity index is 927. The van der Waals surface area contributed by atoms with Gasteiger partial charge in [0.2, 0.25) is 5.91 Å². The number of rotatable bonds is 7. The second-order valence-corrected chi connectivity index (χ2v) is 8.61. The van der Waals surface area contributed by atoms with Gasteiger partial charge in [0.25, 0.3) is 5.91 Å². The lowest BCUT2D eigenvalue weighted by Gasteiger charge is -2.35. The van der Waals surface area contributed by atoms with Crippen molar-refractivity contribution < 1.29 is 14.4 Å². The number of hydrogen-bond donors (Lipinski definition) is 3. The van der Waals surface area contributed by atoms with Gasteiger partial charge in [-0.25, -0.2) is 4.79 Å². The Morgan fingerprint density at radius 2 is 2.00 bits per heavy atom. The third-order valence-corrected chi connectivity index (χ3v) is 6.21. The molecule has 2 heterocycles. The van der Waals surface area contributed by atoms with Crippen LogP contribution in [-0.2, 0) is 4.79 Å². The molecule has 9 heteroatoms. The Balaban J connectivity index is 1.61. The van der Waals surface area contributed by atoms with Crippen LogP contribution < -0.4 is 16.0 Å². The van der Waals surface area contributed by atoms with Crippen molar-refractivity contribution in [1.82, 2.24) is 15.5 Å². The van der Waals surface area contributed by atoms with E-state index < -0.39 is 6.04 Å². The maximum absolute atomic E-state index is 12.7. The van der Waals surface area contributed by atoms with Gasteiger partial charge in [-0.05, 0) is 48.4 Å². The minimum Gasteiger partial charge on any atom is -0.351 e. The summed E-state index contributed by atoms with van der Waals surface area (Å²) in [6.45, 7) is 4.91. The zero-order chi connectivity index (χ0) is 22.2. The molecule has 0 radical (unpaired) electrons. The highest BCUT2D eigenvalue weighted by Crippen LogP contribution is 2.23. The van der Waals surface area contributed by atoms with Crippen LogP contribution in [0, 0.1) is 5.92 Å². The number of thiophene rings is 1. The number of carbonyl (C=O) groups excluding carboxylic acids is 3. The van der Waals surface area contributed by atoms with E-state index in [2.05, 4.69) is 22.5 Å². The number of likely N-dealkylation sites (tertiary alicyclic amines) is 1. The Labute approximate surface area is 190 Å². The first-order valence-electron chi connectivity index (χ1n) is 10.0. The maximum atomic E-state index is 12.7. The normalized spacial score (nSPS) is 15.1. The molecule has 1 fully saturated rings. The highest BCUT2D eigenvalue weighted by atomic mass is 35.5. The summed E-state index contributed by atoms with van der Waals surface area (Å²) in [4.78, 5) is 40.1. The van der Waals surface area contributed by atoms with Crippen LogP contribution in [0.5, 0.6) is 0 Å². The summed E-state index contributed by atoms with van der Waals surface area (Å²) in [6, 6.07) is 9.61. The van der Waals surface area contributed by atoms with Crippen LogP contribution in [0.2, 0.25) is 5.02 Å². The molecule has 7 nitrogen and oxygen atoms in total. The van der Waals surface area contributed by atoms with Gasteiger partial charge in [0, 0.05) is 30.3 Å². The van der Waals surface area contributed by atoms with Crippen LogP contribution in [0.15, 0.2) is 54.4 Å². The third-order valence-electron chi connectivity index (χ3n) is 5.11. The molecule has 0 spiro atoms. The van der Waals surface area contributed by atoms with E-state index in [0.717, 1.165) is 0 Å². The molecule has 0 aliphatic carbocycles. The summed E-state index contributed by atoms with van der Waals surface area (Å²) in [5, 5.41) is 10.9. The van der Waals surface area contributed by atoms with Crippen LogP contribution in [-0.4, -0.2) is 48.4 Å². The first kappa shape index (κ1) is 22.8. The topological polar surface area (TPSA) is 90.5 Å². The fourth-order valence-corrected chi connectivity index (χ4v) is 4.32. The molecule has 164 valence electrons. The lowest BCUT2D eigenvalue weighted by Crippen LogP contribution is -2.54. The van der Waals surface area contributed by atoms with Gasteiger partial charge in [0.05, 0.1) is 4.88 Å². The van der Waals surface area contributed by atoms with Crippen molar-refractivity contribution in [1.29, 1.82) is 0 Å². The lowest BCUT2D eigenvalue weighted by molar-refractivity contribution is -0.124. The van der Waals surface area contributed by atoms with E-state index in [1.807, 2.05) is 5.38 Å². The molecule has 1 aliphatic rings. The smallest absolute Gasteiger partial charge is 0.321 e. The van der Waals surface area contributed by atoms with E-state index in [0.29, 0.717) is 48.1 Å². The molecule has 1 saturated heterocycles. The molecule has 1 aromatic heterocycles. The first-order chi connectivity index (χ1) is 15.0. The van der Waals surface area contributed by atoms with Crippen molar-refractivity contribution in [2.24, 2.45) is 5.92 Å². The zero-order valence-corrected chi connectivity index (χ0v) is 18.5. The molecule has 3 N–H and O–H groups in total. The van der Waals surface area contributed by atoms with Gasteiger partial charge in [-0.1, -0.05) is 29.8 Å². The average Bonchev–Trinajstić information content (AvgIpc) is 3.31.